The molecular formula is C23H25N5O3. The predicted octanol–water partition coefficient (Wildman–Crippen LogP) is 4.58. The molecule has 0 bridgehead atoms. The Morgan fingerprint density at radius 1 is 1.35 bits per heavy atom. The maximum Gasteiger partial charge on any atom is 0.312 e. The minimum absolute atomic E-state index is 0.0602. The highest BCUT2D eigenvalue weighted by Crippen LogP contribution is 2.23. The van der Waals surface area contributed by atoms with Crippen LogP contribution in [0.5, 0.6) is 0 Å². The zero-order chi connectivity index (χ0) is 22.4. The average molecular weight is 419 g/mol. The number of carbonyl (C=O) groups is 1. The molecule has 0 amide bonds. The van der Waals surface area contributed by atoms with Gasteiger partial charge in [0, 0.05) is 23.2 Å². The summed E-state index contributed by atoms with van der Waals surface area (Å²) in [4.78, 5) is 19.8. The van der Waals surface area contributed by atoms with Gasteiger partial charge in [0.2, 0.25) is 17.7 Å². The minimum atomic E-state index is -1.02. The van der Waals surface area contributed by atoms with Crippen molar-refractivity contribution in [3.05, 3.63) is 66.2 Å². The van der Waals surface area contributed by atoms with E-state index in [9.17, 15) is 4.79 Å². The summed E-state index contributed by atoms with van der Waals surface area (Å²) in [6, 6.07) is 5.60. The van der Waals surface area contributed by atoms with E-state index in [0.29, 0.717) is 11.5 Å². The normalized spacial score (nSPS) is 13.3. The number of nitrogens with zero attached hydrogens (tertiary/aromatic N) is 4. The molecule has 2 heterocycles. The second-order valence-electron chi connectivity index (χ2n) is 7.20. The van der Waals surface area contributed by atoms with Crippen LogP contribution in [-0.4, -0.2) is 37.3 Å². The van der Waals surface area contributed by atoms with E-state index in [0.717, 1.165) is 17.3 Å². The van der Waals surface area contributed by atoms with Crippen LogP contribution in [0.4, 0.5) is 5.95 Å². The number of carboxylic acids is 1. The first-order valence-corrected chi connectivity index (χ1v) is 9.92. The smallest absolute Gasteiger partial charge is 0.312 e. The first kappa shape index (κ1) is 21.9. The molecule has 0 saturated carbocycles. The molecule has 0 spiro atoms. The Labute approximate surface area is 180 Å². The number of hydrogen-bond donors (Lipinski definition) is 2. The van der Waals surface area contributed by atoms with Crippen LogP contribution in [0.3, 0.4) is 0 Å². The number of aliphatic carboxylic acids is 1. The zero-order valence-corrected chi connectivity index (χ0v) is 17.8. The van der Waals surface area contributed by atoms with E-state index < -0.39 is 5.97 Å². The van der Waals surface area contributed by atoms with Gasteiger partial charge in [-0.05, 0) is 56.5 Å². The highest BCUT2D eigenvalue weighted by molar-refractivity contribution is 5.83. The van der Waals surface area contributed by atoms with Crippen LogP contribution in [0.1, 0.15) is 33.1 Å². The van der Waals surface area contributed by atoms with E-state index in [-0.39, 0.29) is 24.2 Å². The van der Waals surface area contributed by atoms with Gasteiger partial charge in [-0.25, -0.2) is 9.97 Å². The third-order valence-corrected chi connectivity index (χ3v) is 4.67. The maximum absolute atomic E-state index is 10.8. The van der Waals surface area contributed by atoms with Crippen molar-refractivity contribution in [2.24, 2.45) is 0 Å². The Morgan fingerprint density at radius 3 is 2.87 bits per heavy atom. The molecule has 8 nitrogen and oxygen atoms in total. The molecule has 8 heteroatoms. The van der Waals surface area contributed by atoms with Crippen molar-refractivity contribution in [2.45, 2.75) is 39.7 Å². The molecule has 160 valence electrons. The average Bonchev–Trinajstić information content (AvgIpc) is 3.19. The molecule has 3 aromatic rings. The summed E-state index contributed by atoms with van der Waals surface area (Å²) < 4.78 is 5.42. The van der Waals surface area contributed by atoms with Gasteiger partial charge in [-0.15, -0.1) is 10.2 Å². The van der Waals surface area contributed by atoms with Crippen molar-refractivity contribution in [1.82, 2.24) is 20.2 Å². The number of aromatic nitrogens is 4. The quantitative estimate of drug-likeness (QED) is 0.485. The first-order valence-electron chi connectivity index (χ1n) is 9.92. The molecule has 1 unspecified atom stereocenters. The fourth-order valence-electron chi connectivity index (χ4n) is 3.17. The molecule has 1 aromatic carbocycles. The van der Waals surface area contributed by atoms with Gasteiger partial charge in [-0.3, -0.25) is 4.79 Å². The summed E-state index contributed by atoms with van der Waals surface area (Å²) in [5, 5.41) is 20.7. The van der Waals surface area contributed by atoms with Crippen LogP contribution in [0.2, 0.25) is 0 Å². The van der Waals surface area contributed by atoms with Gasteiger partial charge in [-0.1, -0.05) is 24.8 Å². The first-order chi connectivity index (χ1) is 14.9. The van der Waals surface area contributed by atoms with Crippen LogP contribution < -0.4 is 5.32 Å². The molecule has 0 saturated heterocycles. The number of carboxylic acid groups (broad SMARTS) is 1. The third kappa shape index (κ3) is 5.63. The molecule has 2 aromatic heterocycles. The molecule has 2 N–H and O–H groups in total. The SMILES string of the molecule is C=C/C(CC(C)Nc1ncc2cc(-c3nnc(CC(=O)O)o3)ccc2n1)=C(C)\C=C/C. The molecule has 1 atom stereocenters. The fourth-order valence-corrected chi connectivity index (χ4v) is 3.17. The molecule has 3 rings (SSSR count). The Kier molecular flexibility index (Phi) is 6.92. The molecule has 0 aliphatic rings. The zero-order valence-electron chi connectivity index (χ0n) is 17.8. The van der Waals surface area contributed by atoms with E-state index in [1.54, 1.807) is 12.3 Å². The predicted molar refractivity (Wildman–Crippen MR) is 120 cm³/mol. The van der Waals surface area contributed by atoms with Gasteiger partial charge in [0.05, 0.1) is 5.52 Å². The second-order valence-corrected chi connectivity index (χ2v) is 7.20. The van der Waals surface area contributed by atoms with E-state index >= 15 is 0 Å². The molecule has 0 aliphatic carbocycles. The van der Waals surface area contributed by atoms with Gasteiger partial charge >= 0.3 is 5.97 Å². The lowest BCUT2D eigenvalue weighted by Gasteiger charge is -2.16. The Hall–Kier alpha value is -3.81. The van der Waals surface area contributed by atoms with Gasteiger partial charge in [0.15, 0.2) is 0 Å². The lowest BCUT2D eigenvalue weighted by atomic mass is 10.0. The minimum Gasteiger partial charge on any atom is -0.481 e. The molecule has 0 radical (unpaired) electrons. The lowest BCUT2D eigenvalue weighted by molar-refractivity contribution is -0.136. The van der Waals surface area contributed by atoms with Crippen molar-refractivity contribution in [1.29, 1.82) is 0 Å². The summed E-state index contributed by atoms with van der Waals surface area (Å²) >= 11 is 0. The number of rotatable bonds is 9. The molecule has 0 aliphatic heterocycles. The van der Waals surface area contributed by atoms with Crippen LogP contribution in [-0.2, 0) is 11.2 Å². The highest BCUT2D eigenvalue weighted by Gasteiger charge is 2.13. The van der Waals surface area contributed by atoms with E-state index in [2.05, 4.69) is 52.0 Å². The number of anilines is 1. The Balaban J connectivity index is 1.75. The molecule has 31 heavy (non-hydrogen) atoms. The number of fused-ring (bicyclic) bond motifs is 1. The molecular weight excluding hydrogens is 394 g/mol. The largest absolute Gasteiger partial charge is 0.481 e. The summed E-state index contributed by atoms with van der Waals surface area (Å²) in [6.45, 7) is 10.1. The monoisotopic (exact) mass is 419 g/mol. The van der Waals surface area contributed by atoms with Crippen LogP contribution in [0, 0.1) is 0 Å². The Bertz CT molecular complexity index is 1160. The van der Waals surface area contributed by atoms with Crippen LogP contribution in [0.15, 0.2) is 64.8 Å². The van der Waals surface area contributed by atoms with Gasteiger partial charge in [0.25, 0.3) is 0 Å². The third-order valence-electron chi connectivity index (χ3n) is 4.67. The highest BCUT2D eigenvalue weighted by atomic mass is 16.4. The number of hydrogen-bond acceptors (Lipinski definition) is 7. The van der Waals surface area contributed by atoms with Crippen molar-refractivity contribution >= 4 is 22.8 Å². The van der Waals surface area contributed by atoms with Crippen molar-refractivity contribution in [2.75, 3.05) is 5.32 Å². The number of benzene rings is 1. The second kappa shape index (κ2) is 9.80. The van der Waals surface area contributed by atoms with E-state index in [1.165, 1.54) is 11.1 Å². The fraction of sp³-hybridized carbons (Fsp3) is 0.261. The van der Waals surface area contributed by atoms with Gasteiger partial charge in [0.1, 0.15) is 6.42 Å². The Morgan fingerprint density at radius 2 is 2.16 bits per heavy atom. The van der Waals surface area contributed by atoms with Crippen LogP contribution >= 0.6 is 0 Å². The number of nitrogens with one attached hydrogen (secondary N) is 1. The topological polar surface area (TPSA) is 114 Å². The van der Waals surface area contributed by atoms with Crippen molar-refractivity contribution in [3.63, 3.8) is 0 Å². The van der Waals surface area contributed by atoms with E-state index in [4.69, 9.17) is 9.52 Å². The summed E-state index contributed by atoms with van der Waals surface area (Å²) in [5.74, 6) is -0.162. The number of allylic oxidation sites excluding steroid dienone is 4. The maximum atomic E-state index is 10.8. The molecule has 0 fully saturated rings. The van der Waals surface area contributed by atoms with Gasteiger partial charge < -0.3 is 14.8 Å². The van der Waals surface area contributed by atoms with E-state index in [1.807, 2.05) is 31.2 Å². The summed E-state index contributed by atoms with van der Waals surface area (Å²) in [7, 11) is 0. The summed E-state index contributed by atoms with van der Waals surface area (Å²) in [5.41, 5.74) is 3.80. The van der Waals surface area contributed by atoms with Crippen molar-refractivity contribution in [3.8, 4) is 11.5 Å². The summed E-state index contributed by atoms with van der Waals surface area (Å²) in [6.07, 6.45) is 8.19. The van der Waals surface area contributed by atoms with Gasteiger partial charge in [-0.2, -0.15) is 0 Å². The van der Waals surface area contributed by atoms with Crippen LogP contribution in [0.25, 0.3) is 22.4 Å². The standard InChI is InChI=1S/C23H25N5O3/c1-5-7-14(3)16(6-2)10-15(4)25-23-24-13-18-11-17(8-9-19(18)26-23)22-28-27-20(31-22)12-21(29)30/h5-9,11,13,15H,2,10,12H2,1,3-4H3,(H,29,30)(H,24,25,26)/b7-5-,16-14+. The van der Waals surface area contributed by atoms with Crippen molar-refractivity contribution < 1.29 is 14.3 Å². The lowest BCUT2D eigenvalue weighted by Crippen LogP contribution is -2.17.